The van der Waals surface area contributed by atoms with Crippen LogP contribution in [-0.4, -0.2) is 27.0 Å². The van der Waals surface area contributed by atoms with Crippen LogP contribution in [0.2, 0.25) is 0 Å². The lowest BCUT2D eigenvalue weighted by molar-refractivity contribution is 0.0949. The summed E-state index contributed by atoms with van der Waals surface area (Å²) in [4.78, 5) is 28.0. The lowest BCUT2D eigenvalue weighted by Crippen LogP contribution is -2.26. The summed E-state index contributed by atoms with van der Waals surface area (Å²) in [6, 6.07) is 21.5. The minimum atomic E-state index is -0.373. The van der Waals surface area contributed by atoms with Gasteiger partial charge in [0, 0.05) is 18.2 Å². The van der Waals surface area contributed by atoms with Crippen LogP contribution in [-0.2, 0) is 6.42 Å². The van der Waals surface area contributed by atoms with Crippen LogP contribution >= 0.6 is 0 Å². The first kappa shape index (κ1) is 19.7. The number of aromatic nitrogens is 3. The molecule has 6 nitrogen and oxygen atoms in total. The van der Waals surface area contributed by atoms with Crippen LogP contribution in [0.1, 0.15) is 16.1 Å². The maximum absolute atomic E-state index is 13.0. The molecule has 0 bridgehead atoms. The van der Waals surface area contributed by atoms with E-state index < -0.39 is 0 Å². The van der Waals surface area contributed by atoms with Crippen LogP contribution in [0.15, 0.2) is 83.8 Å². The molecule has 32 heavy (non-hydrogen) atoms. The SMILES string of the molecule is O=C(NCCc1ccc(F)cc1)c1cc2c(=O)[nH]c(-c3ccc4ccccc4c3)cn2n1. The minimum absolute atomic E-state index is 0.158. The predicted molar refractivity (Wildman–Crippen MR) is 121 cm³/mol. The molecule has 158 valence electrons. The van der Waals surface area contributed by atoms with Gasteiger partial charge in [0.1, 0.15) is 11.3 Å². The molecule has 0 fully saturated rings. The zero-order chi connectivity index (χ0) is 22.1. The smallest absolute Gasteiger partial charge is 0.274 e. The van der Waals surface area contributed by atoms with Crippen molar-refractivity contribution >= 4 is 22.2 Å². The Morgan fingerprint density at radius 1 is 1.00 bits per heavy atom. The number of nitrogens with zero attached hydrogens (tertiary/aromatic N) is 2. The summed E-state index contributed by atoms with van der Waals surface area (Å²) in [5.41, 5.74) is 2.50. The van der Waals surface area contributed by atoms with Crippen molar-refractivity contribution < 1.29 is 9.18 Å². The zero-order valence-corrected chi connectivity index (χ0v) is 17.0. The van der Waals surface area contributed by atoms with Gasteiger partial charge in [0.15, 0.2) is 5.69 Å². The molecule has 5 aromatic rings. The van der Waals surface area contributed by atoms with Crippen LogP contribution in [0.4, 0.5) is 4.39 Å². The van der Waals surface area contributed by atoms with E-state index in [0.29, 0.717) is 24.2 Å². The maximum Gasteiger partial charge on any atom is 0.274 e. The van der Waals surface area contributed by atoms with Crippen LogP contribution in [0.3, 0.4) is 0 Å². The van der Waals surface area contributed by atoms with Crippen molar-refractivity contribution in [3.8, 4) is 11.3 Å². The Kier molecular flexibility index (Phi) is 4.99. The van der Waals surface area contributed by atoms with Crippen molar-refractivity contribution in [2.45, 2.75) is 6.42 Å². The number of fused-ring (bicyclic) bond motifs is 2. The average Bonchev–Trinajstić information content (AvgIpc) is 3.25. The summed E-state index contributed by atoms with van der Waals surface area (Å²) in [5, 5.41) is 9.25. The van der Waals surface area contributed by atoms with Gasteiger partial charge in [-0.15, -0.1) is 0 Å². The van der Waals surface area contributed by atoms with E-state index in [9.17, 15) is 14.0 Å². The van der Waals surface area contributed by atoms with Gasteiger partial charge in [0.2, 0.25) is 0 Å². The van der Waals surface area contributed by atoms with E-state index in [1.165, 1.54) is 22.7 Å². The molecule has 0 saturated heterocycles. The van der Waals surface area contributed by atoms with Crippen LogP contribution in [0, 0.1) is 5.82 Å². The molecule has 0 saturated carbocycles. The van der Waals surface area contributed by atoms with E-state index in [1.807, 2.05) is 42.5 Å². The van der Waals surface area contributed by atoms with Crippen LogP contribution < -0.4 is 10.9 Å². The van der Waals surface area contributed by atoms with E-state index in [1.54, 1.807) is 18.3 Å². The molecule has 0 aliphatic heterocycles. The molecule has 0 spiro atoms. The lowest BCUT2D eigenvalue weighted by Gasteiger charge is -2.05. The number of halogens is 1. The number of benzene rings is 3. The Morgan fingerprint density at radius 3 is 2.59 bits per heavy atom. The fourth-order valence-corrected chi connectivity index (χ4v) is 3.68. The second-order valence-corrected chi connectivity index (χ2v) is 7.55. The number of nitrogens with one attached hydrogen (secondary N) is 2. The largest absolute Gasteiger partial charge is 0.350 e. The molecule has 2 aromatic heterocycles. The van der Waals surface area contributed by atoms with Gasteiger partial charge in [0.25, 0.3) is 11.5 Å². The highest BCUT2D eigenvalue weighted by atomic mass is 19.1. The Labute approximate surface area is 182 Å². The second kappa shape index (κ2) is 8.11. The van der Waals surface area contributed by atoms with Crippen molar-refractivity contribution in [1.82, 2.24) is 19.9 Å². The molecule has 0 atom stereocenters. The Hall–Kier alpha value is -4.26. The Balaban J connectivity index is 1.37. The second-order valence-electron chi connectivity index (χ2n) is 7.55. The van der Waals surface area contributed by atoms with Gasteiger partial charge in [-0.3, -0.25) is 9.59 Å². The summed E-state index contributed by atoms with van der Waals surface area (Å²) in [6.07, 6.45) is 2.27. The first-order valence-corrected chi connectivity index (χ1v) is 10.2. The number of H-pyrrole nitrogens is 1. The standard InChI is InChI=1S/C25H19FN4O2/c26-20-9-5-16(6-10-20)11-12-27-24(31)21-14-23-25(32)28-22(15-30(23)29-21)19-8-7-17-3-1-2-4-18(17)13-19/h1-10,13-15H,11-12H2,(H,27,31)(H,28,32). The fourth-order valence-electron chi connectivity index (χ4n) is 3.68. The van der Waals surface area contributed by atoms with Gasteiger partial charge in [-0.1, -0.05) is 48.5 Å². The third-order valence-electron chi connectivity index (χ3n) is 5.37. The minimum Gasteiger partial charge on any atom is -0.350 e. The number of carbonyl (C=O) groups excluding carboxylic acids is 1. The molecule has 0 radical (unpaired) electrons. The number of hydrogen-bond donors (Lipinski definition) is 2. The first-order valence-electron chi connectivity index (χ1n) is 10.2. The van der Waals surface area contributed by atoms with Gasteiger partial charge >= 0.3 is 0 Å². The van der Waals surface area contributed by atoms with E-state index in [0.717, 1.165) is 21.9 Å². The molecule has 0 aliphatic carbocycles. The molecule has 2 N–H and O–H groups in total. The van der Waals surface area contributed by atoms with Gasteiger partial charge in [0.05, 0.1) is 11.9 Å². The summed E-state index contributed by atoms with van der Waals surface area (Å²) < 4.78 is 14.4. The number of aromatic amines is 1. The van der Waals surface area contributed by atoms with Crippen molar-refractivity contribution in [2.24, 2.45) is 0 Å². The molecule has 2 heterocycles. The summed E-state index contributed by atoms with van der Waals surface area (Å²) >= 11 is 0. The highest BCUT2D eigenvalue weighted by Gasteiger charge is 2.14. The highest BCUT2D eigenvalue weighted by Crippen LogP contribution is 2.22. The lowest BCUT2D eigenvalue weighted by atomic mass is 10.1. The van der Waals surface area contributed by atoms with E-state index in [-0.39, 0.29) is 23.0 Å². The number of rotatable bonds is 5. The monoisotopic (exact) mass is 426 g/mol. The molecule has 0 unspecified atom stereocenters. The topological polar surface area (TPSA) is 79.3 Å². The van der Waals surface area contributed by atoms with E-state index in [4.69, 9.17) is 0 Å². The molecular weight excluding hydrogens is 407 g/mol. The molecule has 1 amide bonds. The molecule has 5 rings (SSSR count). The van der Waals surface area contributed by atoms with Gasteiger partial charge in [-0.2, -0.15) is 5.10 Å². The number of hydrogen-bond acceptors (Lipinski definition) is 3. The zero-order valence-electron chi connectivity index (χ0n) is 17.0. The van der Waals surface area contributed by atoms with E-state index in [2.05, 4.69) is 15.4 Å². The predicted octanol–water partition coefficient (Wildman–Crippen LogP) is 3.95. The molecular formula is C25H19FN4O2. The molecule has 0 aliphatic rings. The summed E-state index contributed by atoms with van der Waals surface area (Å²) in [7, 11) is 0. The Bertz CT molecular complexity index is 1500. The van der Waals surface area contributed by atoms with Crippen molar-refractivity contribution in [1.29, 1.82) is 0 Å². The summed E-state index contributed by atoms with van der Waals surface area (Å²) in [6.45, 7) is 0.372. The quantitative estimate of drug-likeness (QED) is 0.447. The molecule has 3 aromatic carbocycles. The van der Waals surface area contributed by atoms with Crippen LogP contribution in [0.25, 0.3) is 27.5 Å². The van der Waals surface area contributed by atoms with Gasteiger partial charge < -0.3 is 10.3 Å². The normalized spacial score (nSPS) is 11.2. The maximum atomic E-state index is 13.0. The van der Waals surface area contributed by atoms with Crippen molar-refractivity contribution in [2.75, 3.05) is 6.54 Å². The van der Waals surface area contributed by atoms with Crippen molar-refractivity contribution in [3.63, 3.8) is 0 Å². The third-order valence-corrected chi connectivity index (χ3v) is 5.37. The number of carbonyl (C=O) groups is 1. The van der Waals surface area contributed by atoms with E-state index >= 15 is 0 Å². The molecule has 7 heteroatoms. The van der Waals surface area contributed by atoms with Gasteiger partial charge in [-0.25, -0.2) is 8.91 Å². The fraction of sp³-hybridized carbons (Fsp3) is 0.0800. The Morgan fingerprint density at radius 2 is 1.78 bits per heavy atom. The first-order chi connectivity index (χ1) is 15.6. The van der Waals surface area contributed by atoms with Gasteiger partial charge in [-0.05, 0) is 41.0 Å². The third kappa shape index (κ3) is 3.88. The average molecular weight is 426 g/mol. The summed E-state index contributed by atoms with van der Waals surface area (Å²) in [5.74, 6) is -0.668. The van der Waals surface area contributed by atoms with Crippen LogP contribution in [0.5, 0.6) is 0 Å². The number of amides is 1. The van der Waals surface area contributed by atoms with Crippen molar-refractivity contribution in [3.05, 3.63) is 106 Å². The highest BCUT2D eigenvalue weighted by molar-refractivity contribution is 5.93.